The molecule has 25 heavy (non-hydrogen) atoms. The first-order valence-corrected chi connectivity index (χ1v) is 9.39. The van der Waals surface area contributed by atoms with Crippen LogP contribution in [0.15, 0.2) is 53.7 Å². The molecule has 0 bridgehead atoms. The van der Waals surface area contributed by atoms with Gasteiger partial charge < -0.3 is 5.84 Å². The fourth-order valence-corrected chi connectivity index (χ4v) is 3.48. The van der Waals surface area contributed by atoms with E-state index in [-0.39, 0.29) is 5.41 Å². The van der Waals surface area contributed by atoms with Gasteiger partial charge in [0.25, 0.3) is 0 Å². The van der Waals surface area contributed by atoms with Crippen molar-refractivity contribution >= 4 is 23.4 Å². The third-order valence-corrected chi connectivity index (χ3v) is 5.18. The Morgan fingerprint density at radius 1 is 1.08 bits per heavy atom. The highest BCUT2D eigenvalue weighted by Crippen LogP contribution is 2.27. The lowest BCUT2D eigenvalue weighted by molar-refractivity contribution is 0.590. The van der Waals surface area contributed by atoms with Crippen molar-refractivity contribution in [1.29, 1.82) is 0 Å². The van der Waals surface area contributed by atoms with Gasteiger partial charge in [-0.15, -0.1) is 10.2 Å². The summed E-state index contributed by atoms with van der Waals surface area (Å²) in [6, 6.07) is 16.1. The van der Waals surface area contributed by atoms with E-state index >= 15 is 0 Å². The maximum atomic E-state index is 6.20. The van der Waals surface area contributed by atoms with Gasteiger partial charge in [0.15, 0.2) is 5.82 Å². The first-order valence-electron chi connectivity index (χ1n) is 8.03. The molecule has 6 heteroatoms. The fourth-order valence-electron chi connectivity index (χ4n) is 2.47. The van der Waals surface area contributed by atoms with Gasteiger partial charge in [-0.3, -0.25) is 0 Å². The second kappa shape index (κ2) is 7.10. The van der Waals surface area contributed by atoms with Crippen LogP contribution in [0.1, 0.15) is 31.9 Å². The monoisotopic (exact) mass is 372 g/mol. The van der Waals surface area contributed by atoms with E-state index in [0.717, 1.165) is 21.9 Å². The molecule has 3 aromatic rings. The molecule has 0 aliphatic rings. The molecule has 3 rings (SSSR count). The maximum Gasteiger partial charge on any atom is 0.210 e. The molecule has 0 aliphatic carbocycles. The first-order chi connectivity index (χ1) is 11.8. The molecule has 0 aliphatic heterocycles. The number of nitrogens with two attached hydrogens (primary N) is 1. The normalized spacial score (nSPS) is 11.7. The van der Waals surface area contributed by atoms with E-state index in [1.54, 1.807) is 4.68 Å². The predicted octanol–water partition coefficient (Wildman–Crippen LogP) is 4.90. The van der Waals surface area contributed by atoms with E-state index in [9.17, 15) is 0 Å². The highest BCUT2D eigenvalue weighted by atomic mass is 35.5. The topological polar surface area (TPSA) is 56.7 Å². The number of thioether (sulfide) groups is 1. The van der Waals surface area contributed by atoms with Crippen LogP contribution in [0, 0.1) is 0 Å². The Balaban J connectivity index is 1.77. The minimum absolute atomic E-state index is 0.118. The summed E-state index contributed by atoms with van der Waals surface area (Å²) >= 11 is 7.56. The summed E-state index contributed by atoms with van der Waals surface area (Å²) in [5.41, 5.74) is 3.47. The van der Waals surface area contributed by atoms with E-state index in [0.29, 0.717) is 11.0 Å². The Bertz CT molecular complexity index is 866. The van der Waals surface area contributed by atoms with E-state index in [2.05, 4.69) is 43.1 Å². The molecule has 0 unspecified atom stereocenters. The molecule has 0 saturated carbocycles. The number of benzene rings is 2. The molecule has 0 atom stereocenters. The minimum atomic E-state index is 0.118. The van der Waals surface area contributed by atoms with Crippen molar-refractivity contribution in [3.05, 3.63) is 64.7 Å². The molecule has 0 spiro atoms. The van der Waals surface area contributed by atoms with E-state index < -0.39 is 0 Å². The summed E-state index contributed by atoms with van der Waals surface area (Å²) in [5.74, 6) is 7.59. The number of hydrogen-bond donors (Lipinski definition) is 1. The zero-order chi connectivity index (χ0) is 18.0. The summed E-state index contributed by atoms with van der Waals surface area (Å²) in [5, 5.41) is 9.87. The fraction of sp³-hybridized carbons (Fsp3) is 0.263. The molecule has 0 fully saturated rings. The zero-order valence-corrected chi connectivity index (χ0v) is 16.1. The molecule has 0 saturated heterocycles. The third kappa shape index (κ3) is 4.17. The Hall–Kier alpha value is -1.98. The molecular formula is C19H21ClN4S. The van der Waals surface area contributed by atoms with Gasteiger partial charge in [0, 0.05) is 16.3 Å². The maximum absolute atomic E-state index is 6.20. The molecule has 130 valence electrons. The van der Waals surface area contributed by atoms with Crippen molar-refractivity contribution in [2.45, 2.75) is 37.1 Å². The van der Waals surface area contributed by atoms with Crippen LogP contribution in [-0.2, 0) is 11.2 Å². The Morgan fingerprint density at radius 2 is 1.80 bits per heavy atom. The van der Waals surface area contributed by atoms with Crippen LogP contribution >= 0.6 is 23.4 Å². The standard InChI is InChI=1S/C19H21ClN4S/c1-19(2,3)15-9-7-14(8-10-15)17-22-23-18(24(17)21)25-12-13-5-4-6-16(20)11-13/h4-11H,12,21H2,1-3H3. The molecule has 4 nitrogen and oxygen atoms in total. The largest absolute Gasteiger partial charge is 0.335 e. The molecule has 1 aromatic heterocycles. The lowest BCUT2D eigenvalue weighted by Crippen LogP contribution is -2.12. The van der Waals surface area contributed by atoms with Crippen LogP contribution in [0.5, 0.6) is 0 Å². The van der Waals surface area contributed by atoms with Gasteiger partial charge >= 0.3 is 0 Å². The van der Waals surface area contributed by atoms with Gasteiger partial charge in [-0.25, -0.2) is 4.68 Å². The molecule has 2 aromatic carbocycles. The van der Waals surface area contributed by atoms with Crippen molar-refractivity contribution in [2.75, 3.05) is 5.84 Å². The Labute approximate surface area is 157 Å². The van der Waals surface area contributed by atoms with Crippen LogP contribution in [-0.4, -0.2) is 14.9 Å². The van der Waals surface area contributed by atoms with E-state index in [1.165, 1.54) is 17.3 Å². The highest BCUT2D eigenvalue weighted by molar-refractivity contribution is 7.98. The summed E-state index contributed by atoms with van der Waals surface area (Å²) in [6.07, 6.45) is 0. The smallest absolute Gasteiger partial charge is 0.210 e. The number of nitrogens with zero attached hydrogens (tertiary/aromatic N) is 3. The molecule has 2 N–H and O–H groups in total. The average Bonchev–Trinajstić information content (AvgIpc) is 2.93. The van der Waals surface area contributed by atoms with Gasteiger partial charge in [-0.1, -0.05) is 80.5 Å². The Kier molecular flexibility index (Phi) is 5.06. The molecule has 1 heterocycles. The van der Waals surface area contributed by atoms with Gasteiger partial charge in [-0.2, -0.15) is 0 Å². The minimum Gasteiger partial charge on any atom is -0.335 e. The SMILES string of the molecule is CC(C)(C)c1ccc(-c2nnc(SCc3cccc(Cl)c3)n2N)cc1. The quantitative estimate of drug-likeness (QED) is 0.522. The van der Waals surface area contributed by atoms with E-state index in [4.69, 9.17) is 17.4 Å². The molecular weight excluding hydrogens is 352 g/mol. The van der Waals surface area contributed by atoms with Crippen LogP contribution in [0.2, 0.25) is 5.02 Å². The number of hydrogen-bond acceptors (Lipinski definition) is 4. The summed E-state index contributed by atoms with van der Waals surface area (Å²) in [4.78, 5) is 0. The van der Waals surface area contributed by atoms with Gasteiger partial charge in [0.1, 0.15) is 0 Å². The van der Waals surface area contributed by atoms with Crippen molar-refractivity contribution in [3.8, 4) is 11.4 Å². The van der Waals surface area contributed by atoms with Crippen molar-refractivity contribution in [2.24, 2.45) is 0 Å². The third-order valence-electron chi connectivity index (χ3n) is 3.93. The number of aromatic nitrogens is 3. The lowest BCUT2D eigenvalue weighted by atomic mass is 9.87. The highest BCUT2D eigenvalue weighted by Gasteiger charge is 2.16. The Morgan fingerprint density at radius 3 is 2.44 bits per heavy atom. The average molecular weight is 373 g/mol. The van der Waals surface area contributed by atoms with Crippen LogP contribution < -0.4 is 5.84 Å². The lowest BCUT2D eigenvalue weighted by Gasteiger charge is -2.19. The van der Waals surface area contributed by atoms with Crippen LogP contribution in [0.3, 0.4) is 0 Å². The molecule has 0 radical (unpaired) electrons. The van der Waals surface area contributed by atoms with E-state index in [1.807, 2.05) is 36.4 Å². The second-order valence-corrected chi connectivity index (χ2v) is 8.30. The van der Waals surface area contributed by atoms with Crippen LogP contribution in [0.25, 0.3) is 11.4 Å². The molecule has 0 amide bonds. The number of rotatable bonds is 4. The van der Waals surface area contributed by atoms with Gasteiger partial charge in [0.05, 0.1) is 0 Å². The van der Waals surface area contributed by atoms with Crippen LogP contribution in [0.4, 0.5) is 0 Å². The summed E-state index contributed by atoms with van der Waals surface area (Å²) < 4.78 is 1.54. The van der Waals surface area contributed by atoms with Crippen molar-refractivity contribution < 1.29 is 0 Å². The number of halogens is 1. The summed E-state index contributed by atoms with van der Waals surface area (Å²) in [7, 11) is 0. The van der Waals surface area contributed by atoms with Gasteiger partial charge in [0.2, 0.25) is 5.16 Å². The zero-order valence-electron chi connectivity index (χ0n) is 14.5. The van der Waals surface area contributed by atoms with Gasteiger partial charge in [-0.05, 0) is 28.7 Å². The number of nitrogen functional groups attached to an aromatic ring is 1. The second-order valence-electron chi connectivity index (χ2n) is 6.92. The predicted molar refractivity (Wildman–Crippen MR) is 105 cm³/mol. The first kappa shape index (κ1) is 17.8. The van der Waals surface area contributed by atoms with Crippen molar-refractivity contribution in [3.63, 3.8) is 0 Å². The van der Waals surface area contributed by atoms with Crippen molar-refractivity contribution in [1.82, 2.24) is 14.9 Å². The summed E-state index contributed by atoms with van der Waals surface area (Å²) in [6.45, 7) is 6.58.